The minimum absolute atomic E-state index is 0. The third-order valence-corrected chi connectivity index (χ3v) is 1.25. The highest BCUT2D eigenvalue weighted by molar-refractivity contribution is 7.45. The van der Waals surface area contributed by atoms with E-state index in [0.29, 0.717) is 0 Å². The Kier molecular flexibility index (Phi) is 13.6. The SMILES string of the molecule is C1COCN1.C1COCN1.Cl.O=P(O)(O)O. The van der Waals surface area contributed by atoms with Gasteiger partial charge in [-0.2, -0.15) is 0 Å². The lowest BCUT2D eigenvalue weighted by atomic mass is 10.7. The first-order chi connectivity index (χ1) is 7.00. The molecule has 2 saturated heterocycles. The lowest BCUT2D eigenvalue weighted by molar-refractivity contribution is 0.194. The van der Waals surface area contributed by atoms with Gasteiger partial charge >= 0.3 is 7.82 Å². The molecule has 0 aliphatic carbocycles. The number of nitrogens with one attached hydrogen (secondary N) is 2. The summed E-state index contributed by atoms with van der Waals surface area (Å²) in [6.45, 7) is 5.33. The number of ether oxygens (including phenoxy) is 2. The van der Waals surface area contributed by atoms with Crippen LogP contribution in [0.1, 0.15) is 0 Å². The van der Waals surface area contributed by atoms with Crippen molar-refractivity contribution < 1.29 is 28.7 Å². The average molecular weight is 281 g/mol. The summed E-state index contributed by atoms with van der Waals surface area (Å²) in [7, 11) is -4.64. The first kappa shape index (κ1) is 18.6. The molecule has 0 bridgehead atoms. The molecule has 2 rings (SSSR count). The summed E-state index contributed by atoms with van der Waals surface area (Å²) in [6, 6.07) is 0. The Morgan fingerprint density at radius 1 is 0.938 bits per heavy atom. The predicted molar refractivity (Wildman–Crippen MR) is 59.2 cm³/mol. The topological polar surface area (TPSA) is 120 Å². The van der Waals surface area contributed by atoms with Crippen molar-refractivity contribution >= 4 is 20.2 Å². The molecule has 0 unspecified atom stereocenters. The highest BCUT2D eigenvalue weighted by Crippen LogP contribution is 2.25. The van der Waals surface area contributed by atoms with E-state index in [-0.39, 0.29) is 12.4 Å². The van der Waals surface area contributed by atoms with Gasteiger partial charge in [-0.15, -0.1) is 12.4 Å². The number of hydrogen-bond donors (Lipinski definition) is 5. The number of phosphoric acid groups is 1. The Morgan fingerprint density at radius 3 is 1.31 bits per heavy atom. The molecule has 0 saturated carbocycles. The second kappa shape index (κ2) is 11.7. The van der Waals surface area contributed by atoms with E-state index in [9.17, 15) is 0 Å². The highest BCUT2D eigenvalue weighted by atomic mass is 35.5. The van der Waals surface area contributed by atoms with Gasteiger partial charge in [-0.05, 0) is 0 Å². The van der Waals surface area contributed by atoms with Crippen LogP contribution in [0.5, 0.6) is 0 Å². The van der Waals surface area contributed by atoms with Crippen LogP contribution in [0.4, 0.5) is 0 Å². The largest absolute Gasteiger partial charge is 0.466 e. The first-order valence-corrected chi connectivity index (χ1v) is 5.92. The van der Waals surface area contributed by atoms with Crippen LogP contribution < -0.4 is 10.6 Å². The van der Waals surface area contributed by atoms with E-state index in [4.69, 9.17) is 28.7 Å². The lowest BCUT2D eigenvalue weighted by Crippen LogP contribution is -2.05. The lowest BCUT2D eigenvalue weighted by Gasteiger charge is -1.82. The molecular formula is C6H18ClN2O6P. The maximum absolute atomic E-state index is 8.88. The molecule has 0 aromatic carbocycles. The average Bonchev–Trinajstić information content (AvgIpc) is 2.81. The molecule has 8 nitrogen and oxygen atoms in total. The molecule has 5 N–H and O–H groups in total. The van der Waals surface area contributed by atoms with Crippen LogP contribution in [0, 0.1) is 0 Å². The Hall–Kier alpha value is 0.240. The van der Waals surface area contributed by atoms with Crippen LogP contribution in [0.2, 0.25) is 0 Å². The second-order valence-electron chi connectivity index (χ2n) is 2.62. The summed E-state index contributed by atoms with van der Waals surface area (Å²) in [4.78, 5) is 21.6. The molecule has 0 radical (unpaired) electrons. The molecule has 10 heteroatoms. The van der Waals surface area contributed by atoms with Gasteiger partial charge in [0.1, 0.15) is 0 Å². The van der Waals surface area contributed by atoms with Gasteiger partial charge in [0.05, 0.1) is 26.7 Å². The van der Waals surface area contributed by atoms with Crippen LogP contribution in [0.15, 0.2) is 0 Å². The third-order valence-electron chi connectivity index (χ3n) is 1.25. The summed E-state index contributed by atoms with van der Waals surface area (Å²) in [6.07, 6.45) is 0. The summed E-state index contributed by atoms with van der Waals surface area (Å²) < 4.78 is 18.5. The van der Waals surface area contributed by atoms with Crippen LogP contribution >= 0.6 is 20.2 Å². The zero-order valence-electron chi connectivity index (χ0n) is 8.66. The van der Waals surface area contributed by atoms with Crippen molar-refractivity contribution in [2.45, 2.75) is 0 Å². The van der Waals surface area contributed by atoms with Crippen molar-refractivity contribution in [2.24, 2.45) is 0 Å². The molecule has 0 aromatic heterocycles. The van der Waals surface area contributed by atoms with Gasteiger partial charge in [-0.3, -0.25) is 10.6 Å². The fraction of sp³-hybridized carbons (Fsp3) is 1.00. The molecule has 2 heterocycles. The van der Waals surface area contributed by atoms with E-state index < -0.39 is 7.82 Å². The summed E-state index contributed by atoms with van der Waals surface area (Å²) in [5.74, 6) is 0. The van der Waals surface area contributed by atoms with Crippen molar-refractivity contribution in [3.63, 3.8) is 0 Å². The molecule has 2 aliphatic heterocycles. The van der Waals surface area contributed by atoms with Crippen LogP contribution in [-0.2, 0) is 14.0 Å². The van der Waals surface area contributed by atoms with Gasteiger partial charge in [0, 0.05) is 13.1 Å². The van der Waals surface area contributed by atoms with Gasteiger partial charge in [-0.25, -0.2) is 4.57 Å². The summed E-state index contributed by atoms with van der Waals surface area (Å²) in [5.41, 5.74) is 0. The summed E-state index contributed by atoms with van der Waals surface area (Å²) in [5, 5.41) is 6.00. The van der Waals surface area contributed by atoms with Crippen molar-refractivity contribution in [3.05, 3.63) is 0 Å². The van der Waals surface area contributed by atoms with Crippen LogP contribution in [0.3, 0.4) is 0 Å². The Labute approximate surface area is 100.0 Å². The zero-order valence-corrected chi connectivity index (χ0v) is 10.4. The van der Waals surface area contributed by atoms with E-state index >= 15 is 0 Å². The van der Waals surface area contributed by atoms with Crippen LogP contribution in [-0.4, -0.2) is 54.4 Å². The zero-order chi connectivity index (χ0) is 11.6. The standard InChI is InChI=1S/2C3H7NO.ClH.H3O4P/c2*1-2-5-3-4-1;;1-5(2,3)4/h2*4H,1-3H2;1H;(H3,1,2,3,4). The Morgan fingerprint density at radius 2 is 1.25 bits per heavy atom. The van der Waals surface area contributed by atoms with E-state index in [1.54, 1.807) is 0 Å². The van der Waals surface area contributed by atoms with E-state index in [1.807, 2.05) is 0 Å². The molecule has 2 fully saturated rings. The number of halogens is 1. The van der Waals surface area contributed by atoms with Gasteiger partial charge in [0.2, 0.25) is 0 Å². The first-order valence-electron chi connectivity index (χ1n) is 4.35. The number of hydrogen-bond acceptors (Lipinski definition) is 5. The van der Waals surface area contributed by atoms with Gasteiger partial charge < -0.3 is 24.2 Å². The minimum Gasteiger partial charge on any atom is -0.365 e. The number of rotatable bonds is 0. The molecule has 2 aliphatic rings. The normalized spacial score (nSPS) is 18.7. The van der Waals surface area contributed by atoms with Crippen molar-refractivity contribution in [1.82, 2.24) is 10.6 Å². The highest BCUT2D eigenvalue weighted by Gasteiger charge is 2.00. The summed E-state index contributed by atoms with van der Waals surface area (Å²) >= 11 is 0. The second-order valence-corrected chi connectivity index (χ2v) is 3.65. The monoisotopic (exact) mass is 280 g/mol. The maximum Gasteiger partial charge on any atom is 0.466 e. The molecule has 0 amide bonds. The molecular weight excluding hydrogens is 263 g/mol. The molecule has 0 aromatic rings. The predicted octanol–water partition coefficient (Wildman–Crippen LogP) is -1.38. The smallest absolute Gasteiger partial charge is 0.365 e. The fourth-order valence-electron chi connectivity index (χ4n) is 0.722. The quantitative estimate of drug-likeness (QED) is 0.344. The molecule has 0 spiro atoms. The van der Waals surface area contributed by atoms with Crippen LogP contribution in [0.25, 0.3) is 0 Å². The molecule has 16 heavy (non-hydrogen) atoms. The van der Waals surface area contributed by atoms with Crippen molar-refractivity contribution in [3.8, 4) is 0 Å². The van der Waals surface area contributed by atoms with Crippen molar-refractivity contribution in [1.29, 1.82) is 0 Å². The Balaban J connectivity index is 0. The van der Waals surface area contributed by atoms with E-state index in [2.05, 4.69) is 10.6 Å². The van der Waals surface area contributed by atoms with Gasteiger partial charge in [0.15, 0.2) is 0 Å². The molecule has 100 valence electrons. The minimum atomic E-state index is -4.64. The van der Waals surface area contributed by atoms with E-state index in [1.165, 1.54) is 0 Å². The Bertz CT molecular complexity index is 150. The fourth-order valence-corrected chi connectivity index (χ4v) is 0.722. The van der Waals surface area contributed by atoms with E-state index in [0.717, 1.165) is 39.8 Å². The maximum atomic E-state index is 8.88. The molecule has 0 atom stereocenters. The third kappa shape index (κ3) is 23.8. The van der Waals surface area contributed by atoms with Crippen molar-refractivity contribution in [2.75, 3.05) is 39.8 Å². The van der Waals surface area contributed by atoms with Gasteiger partial charge in [-0.1, -0.05) is 0 Å². The van der Waals surface area contributed by atoms with Gasteiger partial charge in [0.25, 0.3) is 0 Å².